The number of aliphatic hydroxyl groups excluding tert-OH is 1. The summed E-state index contributed by atoms with van der Waals surface area (Å²) in [4.78, 5) is 38.0. The second-order valence-corrected chi connectivity index (χ2v) is 6.28. The van der Waals surface area contributed by atoms with Crippen LogP contribution >= 0.6 is 0 Å². The molecular weight excluding hydrogens is 280 g/mol. The van der Waals surface area contributed by atoms with E-state index >= 15 is 0 Å². The van der Waals surface area contributed by atoms with E-state index in [-0.39, 0.29) is 34.7 Å². The van der Waals surface area contributed by atoms with E-state index in [0.29, 0.717) is 11.1 Å². The topological polar surface area (TPSA) is 71.4 Å². The SMILES string of the molecule is Cc1ccc(CO)c2c1C(=O)C1=C(C2=O)C(C)(C)C=CC1=O. The van der Waals surface area contributed by atoms with E-state index < -0.39 is 17.0 Å². The minimum absolute atomic E-state index is 0.0248. The molecule has 2 aliphatic rings. The van der Waals surface area contributed by atoms with Crippen LogP contribution in [-0.2, 0) is 11.4 Å². The normalized spacial score (nSPS) is 19.4. The lowest BCUT2D eigenvalue weighted by Gasteiger charge is -2.33. The van der Waals surface area contributed by atoms with Crippen LogP contribution in [0.3, 0.4) is 0 Å². The molecule has 3 rings (SSSR count). The summed E-state index contributed by atoms with van der Waals surface area (Å²) in [6.45, 7) is 5.01. The molecule has 0 atom stereocenters. The molecule has 0 heterocycles. The zero-order valence-electron chi connectivity index (χ0n) is 12.7. The summed E-state index contributed by atoms with van der Waals surface area (Å²) < 4.78 is 0. The van der Waals surface area contributed by atoms with Crippen molar-refractivity contribution in [1.82, 2.24) is 0 Å². The molecule has 1 aromatic rings. The third kappa shape index (κ3) is 1.77. The Morgan fingerprint density at radius 2 is 1.73 bits per heavy atom. The predicted octanol–water partition coefficient (Wildman–Crippen LogP) is 2.33. The van der Waals surface area contributed by atoms with Gasteiger partial charge in [-0.15, -0.1) is 0 Å². The first-order valence-electron chi connectivity index (χ1n) is 7.10. The van der Waals surface area contributed by atoms with Gasteiger partial charge in [-0.2, -0.15) is 0 Å². The van der Waals surface area contributed by atoms with Gasteiger partial charge in [0.25, 0.3) is 0 Å². The van der Waals surface area contributed by atoms with Crippen LogP contribution in [0.15, 0.2) is 35.4 Å². The van der Waals surface area contributed by atoms with E-state index in [2.05, 4.69) is 0 Å². The summed E-state index contributed by atoms with van der Waals surface area (Å²) in [5.41, 5.74) is 1.06. The molecule has 0 aliphatic heterocycles. The quantitative estimate of drug-likeness (QED) is 0.807. The first kappa shape index (κ1) is 14.6. The van der Waals surface area contributed by atoms with Gasteiger partial charge in [-0.25, -0.2) is 0 Å². The van der Waals surface area contributed by atoms with Crippen molar-refractivity contribution in [2.75, 3.05) is 0 Å². The molecule has 0 spiro atoms. The van der Waals surface area contributed by atoms with Crippen LogP contribution in [-0.4, -0.2) is 22.5 Å². The van der Waals surface area contributed by atoms with E-state index in [9.17, 15) is 19.5 Å². The van der Waals surface area contributed by atoms with Crippen molar-refractivity contribution in [1.29, 1.82) is 0 Å². The fourth-order valence-corrected chi connectivity index (χ4v) is 3.21. The number of aliphatic hydroxyl groups is 1. The van der Waals surface area contributed by atoms with Gasteiger partial charge < -0.3 is 5.11 Å². The molecule has 4 heteroatoms. The van der Waals surface area contributed by atoms with Gasteiger partial charge in [-0.1, -0.05) is 32.1 Å². The summed E-state index contributed by atoms with van der Waals surface area (Å²) in [5.74, 6) is -1.17. The van der Waals surface area contributed by atoms with Crippen LogP contribution in [0.1, 0.15) is 45.7 Å². The van der Waals surface area contributed by atoms with Crippen LogP contribution in [0.2, 0.25) is 0 Å². The maximum atomic E-state index is 13.0. The minimum atomic E-state index is -0.690. The Labute approximate surface area is 128 Å². The Hall–Kier alpha value is -2.33. The van der Waals surface area contributed by atoms with E-state index in [1.165, 1.54) is 6.08 Å². The van der Waals surface area contributed by atoms with Crippen LogP contribution in [0.4, 0.5) is 0 Å². The second kappa shape index (κ2) is 4.58. The van der Waals surface area contributed by atoms with Gasteiger partial charge in [-0.05, 0) is 24.1 Å². The molecule has 0 amide bonds. The lowest BCUT2D eigenvalue weighted by atomic mass is 9.67. The average molecular weight is 296 g/mol. The Bertz CT molecular complexity index is 807. The Morgan fingerprint density at radius 3 is 2.36 bits per heavy atom. The van der Waals surface area contributed by atoms with Crippen molar-refractivity contribution in [3.05, 3.63) is 57.7 Å². The highest BCUT2D eigenvalue weighted by atomic mass is 16.3. The number of fused-ring (bicyclic) bond motifs is 1. The number of aryl methyl sites for hydroxylation is 1. The van der Waals surface area contributed by atoms with E-state index in [1.54, 1.807) is 39.0 Å². The summed E-state index contributed by atoms with van der Waals surface area (Å²) in [5, 5.41) is 9.51. The number of allylic oxidation sites excluding steroid dienone is 4. The number of carbonyl (C=O) groups is 3. The molecule has 0 saturated heterocycles. The first-order chi connectivity index (χ1) is 10.3. The number of hydrogen-bond acceptors (Lipinski definition) is 4. The largest absolute Gasteiger partial charge is 0.392 e. The number of ketones is 3. The monoisotopic (exact) mass is 296 g/mol. The maximum Gasteiger partial charge on any atom is 0.198 e. The molecule has 0 unspecified atom stereocenters. The van der Waals surface area contributed by atoms with E-state index in [0.717, 1.165) is 0 Å². The molecule has 1 aromatic carbocycles. The number of benzene rings is 1. The molecule has 2 aliphatic carbocycles. The Balaban J connectivity index is 2.39. The molecule has 0 saturated carbocycles. The maximum absolute atomic E-state index is 13.0. The van der Waals surface area contributed by atoms with Crippen molar-refractivity contribution in [2.24, 2.45) is 5.41 Å². The van der Waals surface area contributed by atoms with Crippen molar-refractivity contribution in [2.45, 2.75) is 27.4 Å². The smallest absolute Gasteiger partial charge is 0.198 e. The zero-order chi connectivity index (χ0) is 16.2. The van der Waals surface area contributed by atoms with Gasteiger partial charge in [0, 0.05) is 22.1 Å². The fraction of sp³-hybridized carbons (Fsp3) is 0.278. The summed E-state index contributed by atoms with van der Waals surface area (Å²) in [6.07, 6.45) is 3.01. The molecule has 112 valence electrons. The number of carbonyl (C=O) groups excluding carboxylic acids is 3. The number of rotatable bonds is 1. The van der Waals surface area contributed by atoms with Crippen molar-refractivity contribution < 1.29 is 19.5 Å². The predicted molar refractivity (Wildman–Crippen MR) is 80.7 cm³/mol. The Morgan fingerprint density at radius 1 is 1.05 bits per heavy atom. The summed E-state index contributed by atoms with van der Waals surface area (Å²) >= 11 is 0. The molecule has 22 heavy (non-hydrogen) atoms. The fourth-order valence-electron chi connectivity index (χ4n) is 3.21. The minimum Gasteiger partial charge on any atom is -0.392 e. The molecule has 0 fully saturated rings. The highest BCUT2D eigenvalue weighted by molar-refractivity contribution is 6.39. The third-order valence-corrected chi connectivity index (χ3v) is 4.37. The second-order valence-electron chi connectivity index (χ2n) is 6.28. The average Bonchev–Trinajstić information content (AvgIpc) is 2.46. The molecule has 0 bridgehead atoms. The molecule has 4 nitrogen and oxygen atoms in total. The van der Waals surface area contributed by atoms with Crippen LogP contribution in [0, 0.1) is 12.3 Å². The van der Waals surface area contributed by atoms with Gasteiger partial charge in [0.05, 0.1) is 12.2 Å². The van der Waals surface area contributed by atoms with Crippen LogP contribution in [0.25, 0.3) is 0 Å². The molecule has 1 N–H and O–H groups in total. The lowest BCUT2D eigenvalue weighted by molar-refractivity contribution is -0.111. The van der Waals surface area contributed by atoms with Crippen molar-refractivity contribution in [3.63, 3.8) is 0 Å². The van der Waals surface area contributed by atoms with Gasteiger partial charge in [0.1, 0.15) is 0 Å². The van der Waals surface area contributed by atoms with Crippen molar-refractivity contribution in [3.8, 4) is 0 Å². The third-order valence-electron chi connectivity index (χ3n) is 4.37. The number of Topliss-reactive ketones (excluding diaryl/α,β-unsaturated/α-hetero) is 2. The van der Waals surface area contributed by atoms with E-state index in [4.69, 9.17) is 0 Å². The zero-order valence-corrected chi connectivity index (χ0v) is 12.7. The Kier molecular flexibility index (Phi) is 3.04. The molecule has 0 aromatic heterocycles. The van der Waals surface area contributed by atoms with E-state index in [1.807, 2.05) is 0 Å². The standard InChI is InChI=1S/C18H16O4/c1-9-4-5-10(8-19)13-12(9)16(21)14-11(20)6-7-18(2,3)15(14)17(13)22/h4-7,19H,8H2,1-3H3. The summed E-state index contributed by atoms with van der Waals surface area (Å²) in [6, 6.07) is 3.34. The lowest BCUT2D eigenvalue weighted by Crippen LogP contribution is -2.36. The molecular formula is C18H16O4. The highest BCUT2D eigenvalue weighted by Gasteiger charge is 2.44. The highest BCUT2D eigenvalue weighted by Crippen LogP contribution is 2.42. The van der Waals surface area contributed by atoms with Gasteiger partial charge in [-0.3, -0.25) is 14.4 Å². The van der Waals surface area contributed by atoms with Gasteiger partial charge in [0.15, 0.2) is 17.3 Å². The van der Waals surface area contributed by atoms with Crippen LogP contribution in [0.5, 0.6) is 0 Å². The summed E-state index contributed by atoms with van der Waals surface area (Å²) in [7, 11) is 0. The van der Waals surface area contributed by atoms with Crippen LogP contribution < -0.4 is 0 Å². The first-order valence-corrected chi connectivity index (χ1v) is 7.10. The van der Waals surface area contributed by atoms with Gasteiger partial charge >= 0.3 is 0 Å². The number of hydrogen-bond donors (Lipinski definition) is 1. The molecule has 0 radical (unpaired) electrons. The van der Waals surface area contributed by atoms with Gasteiger partial charge in [0.2, 0.25) is 0 Å². The van der Waals surface area contributed by atoms with Crippen molar-refractivity contribution >= 4 is 17.3 Å².